The van der Waals surface area contributed by atoms with Crippen molar-refractivity contribution >= 4 is 22.6 Å². The van der Waals surface area contributed by atoms with Gasteiger partial charge in [0, 0.05) is 17.4 Å². The number of Topliss-reactive ketones (excluding diaryl/α,β-unsaturated/α-hetero) is 2. The van der Waals surface area contributed by atoms with Crippen molar-refractivity contribution in [2.75, 3.05) is 0 Å². The highest BCUT2D eigenvalue weighted by atomic mass is 16.1. The number of ketones is 2. The lowest BCUT2D eigenvalue weighted by Crippen LogP contribution is -2.56. The molecular weight excluding hydrogens is 374 g/mol. The number of aromatic nitrogens is 2. The number of H-pyrrole nitrogens is 1. The Morgan fingerprint density at radius 2 is 1.60 bits per heavy atom. The summed E-state index contributed by atoms with van der Waals surface area (Å²) in [5, 5.41) is 0. The highest BCUT2D eigenvalue weighted by Gasteiger charge is 2.44. The zero-order valence-corrected chi connectivity index (χ0v) is 17.1. The molecule has 2 aliphatic rings. The van der Waals surface area contributed by atoms with Gasteiger partial charge in [-0.2, -0.15) is 0 Å². The summed E-state index contributed by atoms with van der Waals surface area (Å²) in [5.41, 5.74) is 10.5. The molecule has 2 fully saturated rings. The van der Waals surface area contributed by atoms with Crippen molar-refractivity contribution < 1.29 is 9.59 Å². The van der Waals surface area contributed by atoms with E-state index in [1.807, 2.05) is 36.4 Å². The number of carbonyl (C=O) groups excluding carboxylic acids is 2. The first-order valence-corrected chi connectivity index (χ1v) is 10.9. The molecule has 154 valence electrons. The zero-order chi connectivity index (χ0) is 20.7. The first kappa shape index (κ1) is 19.2. The molecule has 0 unspecified atom stereocenters. The third kappa shape index (κ3) is 3.37. The second-order valence-electron chi connectivity index (χ2n) is 9.00. The van der Waals surface area contributed by atoms with Crippen molar-refractivity contribution in [2.45, 2.75) is 50.5 Å². The number of fused-ring (bicyclic) bond motifs is 1. The fourth-order valence-electron chi connectivity index (χ4n) is 5.01. The normalized spacial score (nSPS) is 23.1. The van der Waals surface area contributed by atoms with Crippen LogP contribution in [0.5, 0.6) is 0 Å². The van der Waals surface area contributed by atoms with E-state index in [-0.39, 0.29) is 23.4 Å². The van der Waals surface area contributed by atoms with Gasteiger partial charge in [0.2, 0.25) is 0 Å². The number of benzene rings is 2. The molecule has 5 rings (SSSR count). The fraction of sp³-hybridized carbons (Fsp3) is 0.400. The molecule has 5 nitrogen and oxygen atoms in total. The summed E-state index contributed by atoms with van der Waals surface area (Å²) in [6.45, 7) is 0. The van der Waals surface area contributed by atoms with E-state index in [0.717, 1.165) is 72.7 Å². The molecule has 2 saturated carbocycles. The van der Waals surface area contributed by atoms with Crippen LogP contribution < -0.4 is 5.73 Å². The van der Waals surface area contributed by atoms with Crippen molar-refractivity contribution in [2.24, 2.45) is 17.6 Å². The molecule has 3 aromatic rings. The molecule has 0 atom stereocenters. The van der Waals surface area contributed by atoms with Crippen molar-refractivity contribution in [3.63, 3.8) is 0 Å². The van der Waals surface area contributed by atoms with E-state index in [0.29, 0.717) is 0 Å². The van der Waals surface area contributed by atoms with E-state index in [4.69, 9.17) is 5.73 Å². The summed E-state index contributed by atoms with van der Waals surface area (Å²) in [5.74, 6) is 0.483. The van der Waals surface area contributed by atoms with Crippen LogP contribution in [0, 0.1) is 11.8 Å². The third-order valence-corrected chi connectivity index (χ3v) is 7.13. The minimum Gasteiger partial charge on any atom is -0.345 e. The smallest absolute Gasteiger partial charge is 0.165 e. The van der Waals surface area contributed by atoms with E-state index < -0.39 is 5.54 Å². The maximum Gasteiger partial charge on any atom is 0.165 e. The molecule has 0 amide bonds. The van der Waals surface area contributed by atoms with Gasteiger partial charge in [-0.05, 0) is 68.2 Å². The second kappa shape index (κ2) is 7.47. The molecule has 30 heavy (non-hydrogen) atoms. The second-order valence-corrected chi connectivity index (χ2v) is 9.00. The summed E-state index contributed by atoms with van der Waals surface area (Å²) < 4.78 is 0. The van der Waals surface area contributed by atoms with Gasteiger partial charge >= 0.3 is 0 Å². The van der Waals surface area contributed by atoms with Gasteiger partial charge in [0.25, 0.3) is 0 Å². The highest BCUT2D eigenvalue weighted by Crippen LogP contribution is 2.38. The molecule has 0 bridgehead atoms. The van der Waals surface area contributed by atoms with Crippen LogP contribution in [-0.4, -0.2) is 27.1 Å². The number of nitrogens with one attached hydrogen (secondary N) is 1. The minimum atomic E-state index is -0.573. The van der Waals surface area contributed by atoms with E-state index in [1.165, 1.54) is 0 Å². The SMILES string of the molecule is NC1(C(=O)C2CCC(C(=O)c3ccc(-c4ccc5nc[nH]c5c4)cc3)CC2)CCC1. The zero-order valence-electron chi connectivity index (χ0n) is 17.1. The third-order valence-electron chi connectivity index (χ3n) is 7.13. The molecule has 5 heteroatoms. The Bertz CT molecular complexity index is 1090. The summed E-state index contributed by atoms with van der Waals surface area (Å²) in [7, 11) is 0. The Kier molecular flexibility index (Phi) is 4.78. The van der Waals surface area contributed by atoms with Gasteiger partial charge in [-0.15, -0.1) is 0 Å². The van der Waals surface area contributed by atoms with Gasteiger partial charge in [0.05, 0.1) is 22.9 Å². The Morgan fingerprint density at radius 3 is 2.27 bits per heavy atom. The number of nitrogens with two attached hydrogens (primary N) is 1. The van der Waals surface area contributed by atoms with Crippen LogP contribution in [0.2, 0.25) is 0 Å². The Hall–Kier alpha value is -2.79. The Balaban J connectivity index is 1.24. The number of imidazole rings is 1. The van der Waals surface area contributed by atoms with E-state index in [1.54, 1.807) is 6.33 Å². The monoisotopic (exact) mass is 401 g/mol. The quantitative estimate of drug-likeness (QED) is 0.608. The predicted molar refractivity (Wildman–Crippen MR) is 117 cm³/mol. The number of aromatic amines is 1. The average molecular weight is 402 g/mol. The van der Waals surface area contributed by atoms with Crippen molar-refractivity contribution in [3.8, 4) is 11.1 Å². The van der Waals surface area contributed by atoms with Gasteiger partial charge in [0.15, 0.2) is 11.6 Å². The first-order valence-electron chi connectivity index (χ1n) is 10.9. The largest absolute Gasteiger partial charge is 0.345 e. The van der Waals surface area contributed by atoms with Gasteiger partial charge < -0.3 is 10.7 Å². The number of carbonyl (C=O) groups is 2. The van der Waals surface area contributed by atoms with Gasteiger partial charge in [-0.1, -0.05) is 30.3 Å². The van der Waals surface area contributed by atoms with Crippen LogP contribution in [0.3, 0.4) is 0 Å². The van der Waals surface area contributed by atoms with Gasteiger partial charge in [-0.3, -0.25) is 9.59 Å². The molecule has 0 aliphatic heterocycles. The molecule has 0 spiro atoms. The van der Waals surface area contributed by atoms with Crippen LogP contribution in [0.1, 0.15) is 55.3 Å². The van der Waals surface area contributed by atoms with Crippen LogP contribution >= 0.6 is 0 Å². The lowest BCUT2D eigenvalue weighted by Gasteiger charge is -2.40. The summed E-state index contributed by atoms with van der Waals surface area (Å²) in [6.07, 6.45) is 7.54. The topological polar surface area (TPSA) is 88.8 Å². The fourth-order valence-corrected chi connectivity index (χ4v) is 5.01. The maximum absolute atomic E-state index is 13.0. The molecule has 0 saturated heterocycles. The van der Waals surface area contributed by atoms with Crippen molar-refractivity contribution in [1.82, 2.24) is 9.97 Å². The molecule has 3 N–H and O–H groups in total. The van der Waals surface area contributed by atoms with Crippen LogP contribution in [0.15, 0.2) is 48.8 Å². The molecular formula is C25H27N3O2. The summed E-state index contributed by atoms with van der Waals surface area (Å²) in [4.78, 5) is 33.1. The molecule has 1 heterocycles. The van der Waals surface area contributed by atoms with Gasteiger partial charge in [-0.25, -0.2) is 4.98 Å². The summed E-state index contributed by atoms with van der Waals surface area (Å²) in [6, 6.07) is 14.0. The highest BCUT2D eigenvalue weighted by molar-refractivity contribution is 5.98. The molecule has 1 aromatic heterocycles. The van der Waals surface area contributed by atoms with E-state index in [2.05, 4.69) is 16.0 Å². The Morgan fingerprint density at radius 1 is 0.933 bits per heavy atom. The number of nitrogens with zero attached hydrogens (tertiary/aromatic N) is 1. The van der Waals surface area contributed by atoms with E-state index >= 15 is 0 Å². The Labute approximate surface area is 176 Å². The van der Waals surface area contributed by atoms with Crippen LogP contribution in [-0.2, 0) is 4.79 Å². The lowest BCUT2D eigenvalue weighted by molar-refractivity contribution is -0.132. The number of hydrogen-bond donors (Lipinski definition) is 2. The molecule has 0 radical (unpaired) electrons. The van der Waals surface area contributed by atoms with E-state index in [9.17, 15) is 9.59 Å². The number of rotatable bonds is 5. The van der Waals surface area contributed by atoms with Crippen LogP contribution in [0.25, 0.3) is 22.2 Å². The standard InChI is InChI=1S/C25H27N3O2/c26-25(12-1-13-25)24(30)19-8-6-18(7-9-19)23(29)17-4-2-16(3-5-17)20-10-11-21-22(14-20)28-15-27-21/h2-5,10-11,14-15,18-19H,1,6-9,12-13,26H2,(H,27,28). The van der Waals surface area contributed by atoms with Gasteiger partial charge in [0.1, 0.15) is 0 Å². The minimum absolute atomic E-state index is 0.0105. The average Bonchev–Trinajstić information content (AvgIpc) is 3.24. The van der Waals surface area contributed by atoms with Crippen molar-refractivity contribution in [3.05, 3.63) is 54.4 Å². The number of hydrogen-bond acceptors (Lipinski definition) is 4. The van der Waals surface area contributed by atoms with Crippen LogP contribution in [0.4, 0.5) is 0 Å². The molecule has 2 aromatic carbocycles. The van der Waals surface area contributed by atoms with Crippen molar-refractivity contribution in [1.29, 1.82) is 0 Å². The first-order chi connectivity index (χ1) is 14.5. The molecule has 2 aliphatic carbocycles. The lowest BCUT2D eigenvalue weighted by atomic mass is 9.67. The maximum atomic E-state index is 13.0. The predicted octanol–water partition coefficient (Wildman–Crippen LogP) is 4.67. The summed E-state index contributed by atoms with van der Waals surface area (Å²) >= 11 is 0.